The van der Waals surface area contributed by atoms with Gasteiger partial charge in [-0.1, -0.05) is 6.42 Å². The molecule has 0 aromatic carbocycles. The molecule has 0 radical (unpaired) electrons. The molecule has 3 rings (SSSR count). The molecule has 2 fully saturated rings. The fourth-order valence-corrected chi connectivity index (χ4v) is 5.49. The van der Waals surface area contributed by atoms with E-state index >= 15 is 0 Å². The molecule has 3 heterocycles. The van der Waals surface area contributed by atoms with Gasteiger partial charge in [-0.3, -0.25) is 9.58 Å². The largest absolute Gasteiger partial charge is 0.394 e. The summed E-state index contributed by atoms with van der Waals surface area (Å²) in [5.41, 5.74) is 2.12. The number of rotatable bonds is 6. The number of piperidine rings is 1. The molecule has 0 saturated carbocycles. The summed E-state index contributed by atoms with van der Waals surface area (Å²) >= 11 is 0. The summed E-state index contributed by atoms with van der Waals surface area (Å²) in [6.45, 7) is 7.41. The topological polar surface area (TPSA) is 81.9 Å². The molecule has 1 aromatic rings. The average Bonchev–Trinajstić information content (AvgIpc) is 2.83. The van der Waals surface area contributed by atoms with E-state index in [1.54, 1.807) is 13.3 Å². The van der Waals surface area contributed by atoms with Crippen molar-refractivity contribution in [3.63, 3.8) is 0 Å². The molecule has 0 unspecified atom stereocenters. The van der Waals surface area contributed by atoms with Crippen LogP contribution < -0.4 is 0 Å². The SMILES string of the molecule is Cc1nn(CCO)cc1CN1CCCN(S(=O)(=O)N2CCCCC2)CC1. The van der Waals surface area contributed by atoms with Crippen molar-refractivity contribution in [3.8, 4) is 0 Å². The molecule has 8 nitrogen and oxygen atoms in total. The first-order valence-corrected chi connectivity index (χ1v) is 11.0. The van der Waals surface area contributed by atoms with E-state index in [4.69, 9.17) is 5.11 Å². The third-order valence-corrected chi connectivity index (χ3v) is 7.32. The van der Waals surface area contributed by atoms with Crippen LogP contribution in [0.3, 0.4) is 0 Å². The van der Waals surface area contributed by atoms with E-state index in [-0.39, 0.29) is 6.61 Å². The van der Waals surface area contributed by atoms with Crippen molar-refractivity contribution in [2.45, 2.75) is 45.7 Å². The van der Waals surface area contributed by atoms with Crippen LogP contribution in [-0.2, 0) is 23.3 Å². The van der Waals surface area contributed by atoms with Crippen LogP contribution in [0.25, 0.3) is 0 Å². The number of aryl methyl sites for hydroxylation is 1. The predicted molar refractivity (Wildman–Crippen MR) is 99.9 cm³/mol. The van der Waals surface area contributed by atoms with Crippen LogP contribution >= 0.6 is 0 Å². The highest BCUT2D eigenvalue weighted by atomic mass is 32.2. The summed E-state index contributed by atoms with van der Waals surface area (Å²) < 4.78 is 30.9. The first-order chi connectivity index (χ1) is 12.5. The molecular weight excluding hydrogens is 354 g/mol. The second-order valence-corrected chi connectivity index (χ2v) is 9.15. The van der Waals surface area contributed by atoms with Gasteiger partial charge in [-0.15, -0.1) is 0 Å². The number of aromatic nitrogens is 2. The number of hydrogen-bond donors (Lipinski definition) is 1. The summed E-state index contributed by atoms with van der Waals surface area (Å²) in [5.74, 6) is 0. The van der Waals surface area contributed by atoms with Crippen LogP contribution in [-0.4, -0.2) is 82.7 Å². The van der Waals surface area contributed by atoms with Gasteiger partial charge in [-0.2, -0.15) is 22.1 Å². The zero-order chi connectivity index (χ0) is 18.6. The van der Waals surface area contributed by atoms with Crippen molar-refractivity contribution in [1.82, 2.24) is 23.3 Å². The van der Waals surface area contributed by atoms with Crippen LogP contribution in [0.2, 0.25) is 0 Å². The van der Waals surface area contributed by atoms with Gasteiger partial charge in [-0.05, 0) is 32.7 Å². The molecule has 26 heavy (non-hydrogen) atoms. The molecule has 0 bridgehead atoms. The van der Waals surface area contributed by atoms with Gasteiger partial charge in [0.1, 0.15) is 0 Å². The summed E-state index contributed by atoms with van der Waals surface area (Å²) in [5, 5.41) is 13.5. The third kappa shape index (κ3) is 4.64. The third-order valence-electron chi connectivity index (χ3n) is 5.29. The van der Waals surface area contributed by atoms with Crippen molar-refractivity contribution in [2.75, 3.05) is 45.9 Å². The maximum atomic E-state index is 12.9. The average molecular weight is 386 g/mol. The second kappa shape index (κ2) is 8.79. The lowest BCUT2D eigenvalue weighted by Crippen LogP contribution is -2.47. The van der Waals surface area contributed by atoms with Gasteiger partial charge in [-0.25, -0.2) is 0 Å². The van der Waals surface area contributed by atoms with Gasteiger partial charge >= 0.3 is 0 Å². The van der Waals surface area contributed by atoms with Crippen molar-refractivity contribution in [2.24, 2.45) is 0 Å². The van der Waals surface area contributed by atoms with Crippen LogP contribution in [0.15, 0.2) is 6.20 Å². The molecular formula is C17H31N5O3S. The molecule has 2 aliphatic heterocycles. The molecule has 0 spiro atoms. The lowest BCUT2D eigenvalue weighted by molar-refractivity contribution is 0.267. The fraction of sp³-hybridized carbons (Fsp3) is 0.824. The Labute approximate surface area is 156 Å². The quantitative estimate of drug-likeness (QED) is 0.768. The lowest BCUT2D eigenvalue weighted by Gasteiger charge is -2.31. The van der Waals surface area contributed by atoms with Gasteiger partial charge in [0.15, 0.2) is 0 Å². The highest BCUT2D eigenvalue weighted by Crippen LogP contribution is 2.19. The maximum Gasteiger partial charge on any atom is 0.282 e. The summed E-state index contributed by atoms with van der Waals surface area (Å²) in [4.78, 5) is 2.30. The normalized spacial score (nSPS) is 21.8. The molecule has 148 valence electrons. The van der Waals surface area contributed by atoms with E-state index in [1.165, 1.54) is 0 Å². The number of hydrogen-bond acceptors (Lipinski definition) is 5. The zero-order valence-corrected chi connectivity index (χ0v) is 16.5. The number of nitrogens with zero attached hydrogens (tertiary/aromatic N) is 5. The van der Waals surface area contributed by atoms with Crippen molar-refractivity contribution in [3.05, 3.63) is 17.5 Å². The molecule has 0 amide bonds. The minimum Gasteiger partial charge on any atom is -0.394 e. The minimum absolute atomic E-state index is 0.0770. The fourth-order valence-electron chi connectivity index (χ4n) is 3.77. The smallest absolute Gasteiger partial charge is 0.282 e. The van der Waals surface area contributed by atoms with Crippen molar-refractivity contribution in [1.29, 1.82) is 0 Å². The van der Waals surface area contributed by atoms with E-state index in [0.29, 0.717) is 32.7 Å². The van der Waals surface area contributed by atoms with Gasteiger partial charge in [0, 0.05) is 51.0 Å². The molecule has 0 atom stereocenters. The van der Waals surface area contributed by atoms with E-state index in [2.05, 4.69) is 10.00 Å². The standard InChI is InChI=1S/C17H31N5O3S/c1-16-17(15-20(18-16)12-13-23)14-19-6-5-9-22(11-10-19)26(24,25)21-7-3-2-4-8-21/h15,23H,2-14H2,1H3. The molecule has 1 aromatic heterocycles. The van der Waals surface area contributed by atoms with E-state index < -0.39 is 10.2 Å². The lowest BCUT2D eigenvalue weighted by atomic mass is 10.2. The molecule has 0 aliphatic carbocycles. The number of aliphatic hydroxyl groups is 1. The second-order valence-electron chi connectivity index (χ2n) is 7.22. The van der Waals surface area contributed by atoms with Crippen LogP contribution in [0.1, 0.15) is 36.9 Å². The first-order valence-electron chi connectivity index (χ1n) is 9.62. The Kier molecular flexibility index (Phi) is 6.68. The van der Waals surface area contributed by atoms with Crippen LogP contribution in [0, 0.1) is 6.92 Å². The van der Waals surface area contributed by atoms with Crippen molar-refractivity contribution >= 4 is 10.2 Å². The van der Waals surface area contributed by atoms with Gasteiger partial charge < -0.3 is 5.11 Å². The Hall–Kier alpha value is -1.00. The highest BCUT2D eigenvalue weighted by molar-refractivity contribution is 7.86. The molecule has 2 aliphatic rings. The highest BCUT2D eigenvalue weighted by Gasteiger charge is 2.31. The number of aliphatic hydroxyl groups excluding tert-OH is 1. The van der Waals surface area contributed by atoms with Gasteiger partial charge in [0.2, 0.25) is 0 Å². The maximum absolute atomic E-state index is 12.9. The summed E-state index contributed by atoms with van der Waals surface area (Å²) in [6.07, 6.45) is 5.89. The first kappa shape index (κ1) is 19.8. The molecule has 9 heteroatoms. The molecule has 2 saturated heterocycles. The van der Waals surface area contributed by atoms with Gasteiger partial charge in [0.05, 0.1) is 18.8 Å². The molecule has 1 N–H and O–H groups in total. The summed E-state index contributed by atoms with van der Waals surface area (Å²) in [6, 6.07) is 0. The predicted octanol–water partition coefficient (Wildman–Crippen LogP) is 0.422. The van der Waals surface area contributed by atoms with Crippen LogP contribution in [0.4, 0.5) is 0 Å². The monoisotopic (exact) mass is 385 g/mol. The Balaban J connectivity index is 1.59. The van der Waals surface area contributed by atoms with E-state index in [9.17, 15) is 8.42 Å². The van der Waals surface area contributed by atoms with Gasteiger partial charge in [0.25, 0.3) is 10.2 Å². The minimum atomic E-state index is -3.32. The Bertz CT molecular complexity index is 685. The summed E-state index contributed by atoms with van der Waals surface area (Å²) in [7, 11) is -3.32. The van der Waals surface area contributed by atoms with E-state index in [0.717, 1.165) is 56.6 Å². The Morgan fingerprint density at radius 2 is 1.69 bits per heavy atom. The zero-order valence-electron chi connectivity index (χ0n) is 15.7. The van der Waals surface area contributed by atoms with Crippen molar-refractivity contribution < 1.29 is 13.5 Å². The van der Waals surface area contributed by atoms with Crippen LogP contribution in [0.5, 0.6) is 0 Å². The Morgan fingerprint density at radius 1 is 1.00 bits per heavy atom. The Morgan fingerprint density at radius 3 is 2.42 bits per heavy atom. The van der Waals surface area contributed by atoms with E-state index in [1.807, 2.05) is 13.1 Å².